The molecule has 4 N–H and O–H groups in total. The highest BCUT2D eigenvalue weighted by atomic mass is 35.5. The number of carbonyl (C=O) groups is 1. The number of hydrogen-bond donors (Lipinski definition) is 4. The molecular weight excluding hydrogens is 390 g/mol. The van der Waals surface area contributed by atoms with Crippen molar-refractivity contribution in [1.29, 1.82) is 0 Å². The summed E-state index contributed by atoms with van der Waals surface area (Å²) in [4.78, 5) is 18.8. The van der Waals surface area contributed by atoms with Crippen molar-refractivity contribution >= 4 is 34.4 Å². The van der Waals surface area contributed by atoms with Gasteiger partial charge in [0, 0.05) is 29.9 Å². The van der Waals surface area contributed by atoms with Crippen molar-refractivity contribution in [2.24, 2.45) is 0 Å². The Kier molecular flexibility index (Phi) is 6.11. The number of fused-ring (bicyclic) bond motifs is 1. The van der Waals surface area contributed by atoms with E-state index in [0.29, 0.717) is 22.6 Å². The van der Waals surface area contributed by atoms with E-state index in [0.717, 1.165) is 25.0 Å². The number of aliphatic hydroxyl groups is 1. The van der Waals surface area contributed by atoms with Crippen LogP contribution in [0.5, 0.6) is 0 Å². The summed E-state index contributed by atoms with van der Waals surface area (Å²) in [7, 11) is 0. The first-order chi connectivity index (χ1) is 13.4. The predicted octanol–water partition coefficient (Wildman–Crippen LogP) is 4.50. The Bertz CT molecular complexity index is 1010. The van der Waals surface area contributed by atoms with Gasteiger partial charge in [-0.15, -0.1) is 0 Å². The molecule has 1 atom stereocenters. The van der Waals surface area contributed by atoms with E-state index in [1.165, 1.54) is 18.5 Å². The minimum atomic E-state index is -1.63. The minimum Gasteiger partial charge on any atom is -0.383 e. The fraction of sp³-hybridized carbons (Fsp3) is 0.263. The molecule has 0 bridgehead atoms. The van der Waals surface area contributed by atoms with Crippen LogP contribution < -0.4 is 10.6 Å². The van der Waals surface area contributed by atoms with E-state index in [2.05, 4.69) is 20.6 Å². The number of urea groups is 1. The normalized spacial score (nSPS) is 12.2. The predicted molar refractivity (Wildman–Crippen MR) is 103 cm³/mol. The van der Waals surface area contributed by atoms with Crippen LogP contribution in [0.2, 0.25) is 5.02 Å². The third kappa shape index (κ3) is 4.07. The lowest BCUT2D eigenvalue weighted by Gasteiger charge is -2.16. The van der Waals surface area contributed by atoms with E-state index in [1.807, 2.05) is 6.92 Å². The molecular formula is C19H19ClF2N4O2. The molecule has 2 heterocycles. The summed E-state index contributed by atoms with van der Waals surface area (Å²) in [6.07, 6.45) is 2.87. The molecule has 0 radical (unpaired) electrons. The van der Waals surface area contributed by atoms with Gasteiger partial charge in [-0.05, 0) is 24.6 Å². The number of H-pyrrole nitrogens is 1. The summed E-state index contributed by atoms with van der Waals surface area (Å²) >= 11 is 5.93. The molecule has 2 aromatic heterocycles. The maximum Gasteiger partial charge on any atom is 0.319 e. The second kappa shape index (κ2) is 8.53. The molecule has 0 aliphatic rings. The number of pyridine rings is 1. The summed E-state index contributed by atoms with van der Waals surface area (Å²) in [5.74, 6) is -1.99. The molecule has 2 amide bonds. The van der Waals surface area contributed by atoms with Gasteiger partial charge in [0.25, 0.3) is 0 Å². The second-order valence-corrected chi connectivity index (χ2v) is 6.69. The fourth-order valence-corrected chi connectivity index (χ4v) is 3.00. The van der Waals surface area contributed by atoms with Crippen molar-refractivity contribution in [3.05, 3.63) is 58.4 Å². The maximum atomic E-state index is 14.9. The molecule has 0 aliphatic carbocycles. The Morgan fingerprint density at radius 2 is 2.18 bits per heavy atom. The van der Waals surface area contributed by atoms with Gasteiger partial charge in [-0.3, -0.25) is 0 Å². The highest BCUT2D eigenvalue weighted by Crippen LogP contribution is 2.34. The van der Waals surface area contributed by atoms with Crippen LogP contribution in [0.1, 0.15) is 37.0 Å². The molecule has 0 fully saturated rings. The quantitative estimate of drug-likeness (QED) is 0.453. The highest BCUT2D eigenvalue weighted by Gasteiger charge is 2.25. The van der Waals surface area contributed by atoms with Crippen LogP contribution in [-0.4, -0.2) is 27.7 Å². The summed E-state index contributed by atoms with van der Waals surface area (Å²) in [5, 5.41) is 16.3. The molecule has 9 heteroatoms. The van der Waals surface area contributed by atoms with Crippen LogP contribution >= 0.6 is 11.6 Å². The molecule has 148 valence electrons. The lowest BCUT2D eigenvalue weighted by molar-refractivity contribution is 0.210. The van der Waals surface area contributed by atoms with Gasteiger partial charge in [-0.25, -0.2) is 18.6 Å². The second-order valence-electron chi connectivity index (χ2n) is 6.25. The number of hydrogen-bond acceptors (Lipinski definition) is 3. The van der Waals surface area contributed by atoms with Gasteiger partial charge in [0.05, 0.1) is 16.3 Å². The Morgan fingerprint density at radius 1 is 1.39 bits per heavy atom. The molecule has 1 unspecified atom stereocenters. The van der Waals surface area contributed by atoms with Crippen LogP contribution in [0.25, 0.3) is 11.0 Å². The number of aliphatic hydroxyl groups excluding tert-OH is 1. The first kappa shape index (κ1) is 20.0. The van der Waals surface area contributed by atoms with Crippen LogP contribution in [0.3, 0.4) is 0 Å². The smallest absolute Gasteiger partial charge is 0.319 e. The van der Waals surface area contributed by atoms with Crippen molar-refractivity contribution in [2.45, 2.75) is 25.9 Å². The monoisotopic (exact) mass is 408 g/mol. The molecule has 28 heavy (non-hydrogen) atoms. The Hall–Kier alpha value is -2.71. The number of unbranched alkanes of at least 4 members (excludes halogenated alkanes) is 1. The van der Waals surface area contributed by atoms with E-state index >= 15 is 0 Å². The molecule has 6 nitrogen and oxygen atoms in total. The van der Waals surface area contributed by atoms with E-state index in [1.54, 1.807) is 0 Å². The standard InChI is InChI=1S/C19H19ClF2N4O2/c1-2-3-6-23-19(28)26-14-5-4-13(21)15(16(14)22)17(27)12-9-25-18-11(12)7-10(20)8-24-18/h4-5,7-9,17,27H,2-3,6H2,1H3,(H,24,25)(H2,23,26,28). The van der Waals surface area contributed by atoms with E-state index in [4.69, 9.17) is 11.6 Å². The third-order valence-corrected chi connectivity index (χ3v) is 4.50. The van der Waals surface area contributed by atoms with Crippen molar-refractivity contribution in [1.82, 2.24) is 15.3 Å². The molecule has 0 saturated carbocycles. The average molecular weight is 409 g/mol. The number of aromatic nitrogens is 2. The van der Waals surface area contributed by atoms with Crippen LogP contribution in [0.15, 0.2) is 30.6 Å². The van der Waals surface area contributed by atoms with Crippen LogP contribution in [-0.2, 0) is 0 Å². The number of anilines is 1. The summed E-state index contributed by atoms with van der Waals surface area (Å²) in [6, 6.07) is 3.03. The van der Waals surface area contributed by atoms with Crippen LogP contribution in [0, 0.1) is 11.6 Å². The van der Waals surface area contributed by atoms with Gasteiger partial charge < -0.3 is 20.7 Å². The molecule has 0 saturated heterocycles. The molecule has 3 aromatic rings. The zero-order valence-corrected chi connectivity index (χ0v) is 15.8. The number of nitrogens with one attached hydrogen (secondary N) is 3. The lowest BCUT2D eigenvalue weighted by Crippen LogP contribution is -2.30. The number of halogens is 3. The number of benzene rings is 1. The summed E-state index contributed by atoms with van der Waals surface area (Å²) in [6.45, 7) is 2.41. The number of carbonyl (C=O) groups excluding carboxylic acids is 1. The topological polar surface area (TPSA) is 90.0 Å². The molecule has 1 aromatic carbocycles. The Balaban J connectivity index is 1.92. The highest BCUT2D eigenvalue weighted by molar-refractivity contribution is 6.31. The van der Waals surface area contributed by atoms with E-state index in [9.17, 15) is 18.7 Å². The number of nitrogens with zero attached hydrogens (tertiary/aromatic N) is 1. The van der Waals surface area contributed by atoms with Gasteiger partial charge in [-0.2, -0.15) is 0 Å². The lowest BCUT2D eigenvalue weighted by atomic mass is 10.00. The van der Waals surface area contributed by atoms with Gasteiger partial charge in [-0.1, -0.05) is 24.9 Å². The van der Waals surface area contributed by atoms with Crippen molar-refractivity contribution in [2.75, 3.05) is 11.9 Å². The SMILES string of the molecule is CCCCNC(=O)Nc1ccc(F)c(C(O)c2c[nH]c3ncc(Cl)cc23)c1F. The number of rotatable bonds is 6. The van der Waals surface area contributed by atoms with Gasteiger partial charge in [0.15, 0.2) is 5.82 Å². The third-order valence-electron chi connectivity index (χ3n) is 4.29. The Labute approximate surface area is 164 Å². The molecule has 0 spiro atoms. The first-order valence-corrected chi connectivity index (χ1v) is 9.13. The molecule has 3 rings (SSSR count). The Morgan fingerprint density at radius 3 is 2.93 bits per heavy atom. The van der Waals surface area contributed by atoms with Gasteiger partial charge >= 0.3 is 6.03 Å². The van der Waals surface area contributed by atoms with Crippen molar-refractivity contribution < 1.29 is 18.7 Å². The minimum absolute atomic E-state index is 0.215. The van der Waals surface area contributed by atoms with Gasteiger partial charge in [0.2, 0.25) is 0 Å². The first-order valence-electron chi connectivity index (χ1n) is 8.75. The molecule has 0 aliphatic heterocycles. The van der Waals surface area contributed by atoms with Gasteiger partial charge in [0.1, 0.15) is 17.6 Å². The largest absolute Gasteiger partial charge is 0.383 e. The summed E-state index contributed by atoms with van der Waals surface area (Å²) < 4.78 is 29.3. The zero-order chi connectivity index (χ0) is 20.3. The number of aromatic amines is 1. The fourth-order valence-electron chi connectivity index (χ4n) is 2.84. The van der Waals surface area contributed by atoms with Crippen molar-refractivity contribution in [3.63, 3.8) is 0 Å². The van der Waals surface area contributed by atoms with E-state index in [-0.39, 0.29) is 11.3 Å². The average Bonchev–Trinajstić information content (AvgIpc) is 3.07. The summed E-state index contributed by atoms with van der Waals surface area (Å²) in [5.41, 5.74) is -0.177. The number of amides is 2. The van der Waals surface area contributed by atoms with Crippen molar-refractivity contribution in [3.8, 4) is 0 Å². The van der Waals surface area contributed by atoms with Crippen LogP contribution in [0.4, 0.5) is 19.3 Å². The van der Waals surface area contributed by atoms with E-state index < -0.39 is 29.3 Å². The zero-order valence-electron chi connectivity index (χ0n) is 15.0. The maximum absolute atomic E-state index is 14.9.